The van der Waals surface area contributed by atoms with E-state index >= 15 is 0 Å². The van der Waals surface area contributed by atoms with E-state index in [2.05, 4.69) is 25.3 Å². The van der Waals surface area contributed by atoms with Crippen LogP contribution in [0.5, 0.6) is 5.75 Å². The summed E-state index contributed by atoms with van der Waals surface area (Å²) in [6.45, 7) is 0.584. The second kappa shape index (κ2) is 11.0. The summed E-state index contributed by atoms with van der Waals surface area (Å²) in [5, 5.41) is 2.78. The second-order valence-electron chi connectivity index (χ2n) is 8.50. The molecule has 1 aliphatic rings. The van der Waals surface area contributed by atoms with E-state index in [4.69, 9.17) is 10.5 Å². The predicted molar refractivity (Wildman–Crippen MR) is 126 cm³/mol. The van der Waals surface area contributed by atoms with E-state index in [0.29, 0.717) is 11.9 Å². The van der Waals surface area contributed by atoms with E-state index in [1.807, 2.05) is 0 Å². The number of allylic oxidation sites excluding steroid dienone is 1. The van der Waals surface area contributed by atoms with Crippen LogP contribution in [0.2, 0.25) is 0 Å². The summed E-state index contributed by atoms with van der Waals surface area (Å²) >= 11 is 0. The largest absolute Gasteiger partial charge is 0.495 e. The van der Waals surface area contributed by atoms with Gasteiger partial charge in [-0.1, -0.05) is 6.92 Å². The number of carbonyl (C=O) groups excluding carboxylic acids is 1. The Morgan fingerprint density at radius 3 is 2.54 bits per heavy atom. The molecule has 0 spiro atoms. The van der Waals surface area contributed by atoms with Gasteiger partial charge in [0.1, 0.15) is 17.3 Å². The predicted octanol–water partition coefficient (Wildman–Crippen LogP) is 3.25. The molecule has 0 aromatic carbocycles. The van der Waals surface area contributed by atoms with Crippen LogP contribution in [0.4, 0.5) is 27.8 Å². The van der Waals surface area contributed by atoms with Crippen LogP contribution in [0.1, 0.15) is 24.7 Å². The summed E-state index contributed by atoms with van der Waals surface area (Å²) < 4.78 is 72.3. The zero-order valence-corrected chi connectivity index (χ0v) is 20.3. The van der Waals surface area contributed by atoms with Crippen LogP contribution in [-0.4, -0.2) is 71.2 Å². The third-order valence-corrected chi connectivity index (χ3v) is 5.80. The Hall–Kier alpha value is -3.84. The molecule has 1 saturated heterocycles. The molecular weight excluding hydrogens is 501 g/mol. The number of hydrogen-bond acceptors (Lipinski definition) is 8. The molecule has 0 aliphatic carbocycles. The topological polar surface area (TPSA) is 119 Å². The summed E-state index contributed by atoms with van der Waals surface area (Å²) in [4.78, 5) is 29.5. The van der Waals surface area contributed by atoms with Crippen molar-refractivity contribution in [1.29, 1.82) is 0 Å². The van der Waals surface area contributed by atoms with Crippen molar-refractivity contribution in [2.45, 2.75) is 31.5 Å². The molecule has 2 atom stereocenters. The van der Waals surface area contributed by atoms with Gasteiger partial charge in [-0.2, -0.15) is 13.2 Å². The first-order valence-electron chi connectivity index (χ1n) is 11.1. The van der Waals surface area contributed by atoms with Gasteiger partial charge in [0, 0.05) is 31.8 Å². The second-order valence-corrected chi connectivity index (χ2v) is 8.50. The van der Waals surface area contributed by atoms with Gasteiger partial charge in [0.25, 0.3) is 11.8 Å². The van der Waals surface area contributed by atoms with E-state index < -0.39 is 48.6 Å². The number of hydrogen-bond donors (Lipinski definition) is 2. The minimum absolute atomic E-state index is 0.00492. The number of amides is 1. The Labute approximate surface area is 209 Å². The lowest BCUT2D eigenvalue weighted by Crippen LogP contribution is -2.58. The fraction of sp³-hybridized carbons (Fsp3) is 0.435. The van der Waals surface area contributed by atoms with Crippen molar-refractivity contribution in [3.63, 3.8) is 0 Å². The molecule has 1 unspecified atom stereocenters. The van der Waals surface area contributed by atoms with Gasteiger partial charge < -0.3 is 20.7 Å². The third-order valence-electron chi connectivity index (χ3n) is 5.80. The first-order valence-corrected chi connectivity index (χ1v) is 11.1. The lowest BCUT2D eigenvalue weighted by Gasteiger charge is -2.43. The summed E-state index contributed by atoms with van der Waals surface area (Å²) in [5.74, 6) is -4.25. The van der Waals surface area contributed by atoms with Crippen LogP contribution < -0.4 is 15.8 Å². The molecule has 0 bridgehead atoms. The van der Waals surface area contributed by atoms with Crippen molar-refractivity contribution in [3.05, 3.63) is 47.8 Å². The number of nitrogens with two attached hydrogens (primary N) is 1. The molecule has 3 rings (SSSR count). The SMILES string of the molecule is CN=CC(=C(N)C(=O)N1CC(F)(F)C[C@@H](C)C1CNc1cnc(C(F)(F)F)cn1)c1ccc(OC)cn1. The number of likely N-dealkylation sites (tertiary alicyclic amines) is 1. The van der Waals surface area contributed by atoms with Crippen molar-refractivity contribution >= 4 is 23.5 Å². The van der Waals surface area contributed by atoms with Crippen LogP contribution in [-0.2, 0) is 11.0 Å². The van der Waals surface area contributed by atoms with Crippen LogP contribution in [0.3, 0.4) is 0 Å². The van der Waals surface area contributed by atoms with Crippen molar-refractivity contribution < 1.29 is 31.5 Å². The van der Waals surface area contributed by atoms with Gasteiger partial charge in [0.15, 0.2) is 5.69 Å². The quantitative estimate of drug-likeness (QED) is 0.322. The van der Waals surface area contributed by atoms with E-state index in [0.717, 1.165) is 11.1 Å². The molecule has 9 nitrogen and oxygen atoms in total. The molecular formula is C23H26F5N7O2. The van der Waals surface area contributed by atoms with Gasteiger partial charge in [-0.15, -0.1) is 0 Å². The van der Waals surface area contributed by atoms with Crippen molar-refractivity contribution in [1.82, 2.24) is 19.9 Å². The number of nitrogens with zero attached hydrogens (tertiary/aromatic N) is 5. The van der Waals surface area contributed by atoms with E-state index in [1.165, 1.54) is 26.6 Å². The fourth-order valence-corrected chi connectivity index (χ4v) is 3.99. The highest BCUT2D eigenvalue weighted by Gasteiger charge is 2.46. The number of halogens is 5. The third kappa shape index (κ3) is 6.68. The Bertz CT molecular complexity index is 1150. The van der Waals surface area contributed by atoms with Gasteiger partial charge in [-0.3, -0.25) is 14.8 Å². The highest BCUT2D eigenvalue weighted by atomic mass is 19.4. The number of carbonyl (C=O) groups is 1. The number of nitrogens with one attached hydrogen (secondary N) is 1. The molecule has 200 valence electrons. The first-order chi connectivity index (χ1) is 17.4. The minimum Gasteiger partial charge on any atom is -0.495 e. The molecule has 14 heteroatoms. The summed E-state index contributed by atoms with van der Waals surface area (Å²) in [6, 6.07) is 2.36. The molecule has 2 aromatic rings. The van der Waals surface area contributed by atoms with Gasteiger partial charge >= 0.3 is 6.18 Å². The normalized spacial score (nSPS) is 20.5. The summed E-state index contributed by atoms with van der Waals surface area (Å²) in [5.41, 5.74) is 5.08. The summed E-state index contributed by atoms with van der Waals surface area (Å²) in [7, 11) is 2.91. The highest BCUT2D eigenvalue weighted by molar-refractivity contribution is 6.18. The van der Waals surface area contributed by atoms with Crippen LogP contribution in [0.25, 0.3) is 5.57 Å². The van der Waals surface area contributed by atoms with E-state index in [-0.39, 0.29) is 29.3 Å². The first kappa shape index (κ1) is 27.7. The fourth-order valence-electron chi connectivity index (χ4n) is 3.99. The zero-order chi connectivity index (χ0) is 27.4. The van der Waals surface area contributed by atoms with Gasteiger partial charge in [0.2, 0.25) is 0 Å². The molecule has 1 amide bonds. The smallest absolute Gasteiger partial charge is 0.434 e. The molecule has 0 saturated carbocycles. The maximum atomic E-state index is 14.5. The maximum Gasteiger partial charge on any atom is 0.434 e. The lowest BCUT2D eigenvalue weighted by molar-refractivity contribution is -0.148. The zero-order valence-electron chi connectivity index (χ0n) is 20.3. The van der Waals surface area contributed by atoms with Crippen LogP contribution in [0, 0.1) is 5.92 Å². The maximum absolute atomic E-state index is 14.5. The lowest BCUT2D eigenvalue weighted by atomic mass is 9.88. The van der Waals surface area contributed by atoms with Gasteiger partial charge in [0.05, 0.1) is 44.0 Å². The molecule has 2 aromatic heterocycles. The molecule has 3 N–H and O–H groups in total. The van der Waals surface area contributed by atoms with Crippen LogP contribution >= 0.6 is 0 Å². The van der Waals surface area contributed by atoms with Crippen LogP contribution in [0.15, 0.2) is 41.4 Å². The minimum atomic E-state index is -4.65. The average molecular weight is 527 g/mol. The van der Waals surface area contributed by atoms with Crippen molar-refractivity contribution in [3.8, 4) is 5.75 Å². The molecule has 0 radical (unpaired) electrons. The number of methoxy groups -OCH3 is 1. The number of alkyl halides is 5. The molecule has 1 aliphatic heterocycles. The van der Waals surface area contributed by atoms with Crippen molar-refractivity contribution in [2.75, 3.05) is 32.6 Å². The van der Waals surface area contributed by atoms with E-state index in [9.17, 15) is 26.7 Å². The highest BCUT2D eigenvalue weighted by Crippen LogP contribution is 2.35. The Morgan fingerprint density at radius 1 is 1.27 bits per heavy atom. The number of piperidine rings is 1. The number of pyridine rings is 1. The van der Waals surface area contributed by atoms with Gasteiger partial charge in [-0.25, -0.2) is 18.7 Å². The average Bonchev–Trinajstić information content (AvgIpc) is 2.85. The monoisotopic (exact) mass is 527 g/mol. The Kier molecular flexibility index (Phi) is 8.28. The standard InChI is InChI=1S/C23H26F5N7O2/c1-13-6-22(24,25)12-35(17(13)9-33-19-11-32-18(10-34-19)23(26,27)28)21(36)20(29)15(8-30-2)16-5-4-14(37-3)7-31-16/h4-5,7-8,10-11,13,17H,6,9,12,29H2,1-3H3,(H,33,34)/t13-,17?/m1/s1. The number of anilines is 1. The number of aromatic nitrogens is 3. The van der Waals surface area contributed by atoms with Crippen molar-refractivity contribution in [2.24, 2.45) is 16.6 Å². The molecule has 3 heterocycles. The number of ether oxygens (including phenoxy) is 1. The molecule has 1 fully saturated rings. The van der Waals surface area contributed by atoms with E-state index in [1.54, 1.807) is 19.1 Å². The Morgan fingerprint density at radius 2 is 2.00 bits per heavy atom. The number of aliphatic imine (C=N–C) groups is 1. The summed E-state index contributed by atoms with van der Waals surface area (Å²) in [6.07, 6.45) is -0.988. The molecule has 37 heavy (non-hydrogen) atoms. The Balaban J connectivity index is 1.89. The number of rotatable bonds is 7. The van der Waals surface area contributed by atoms with Gasteiger partial charge in [-0.05, 0) is 18.1 Å².